The van der Waals surface area contributed by atoms with Crippen molar-refractivity contribution in [1.82, 2.24) is 63.1 Å². The lowest BCUT2D eigenvalue weighted by Crippen LogP contribution is -2.63. The molecule has 43 nitrogen and oxygen atoms in total. The molecule has 108 heavy (non-hydrogen) atoms. The highest BCUT2D eigenvalue weighted by Crippen LogP contribution is 2.37. The maximum Gasteiger partial charge on any atom is 0.326 e. The smallest absolute Gasteiger partial charge is 0.326 e. The molecule has 10 atom stereocenters. The number of aromatic amines is 1. The fraction of sp³-hybridized carbons (Fsp3) is 0.587. The van der Waals surface area contributed by atoms with Gasteiger partial charge in [-0.25, -0.2) is 9.78 Å². The van der Waals surface area contributed by atoms with Crippen LogP contribution in [0.1, 0.15) is 114 Å². The number of rotatable bonds is 50. The van der Waals surface area contributed by atoms with Crippen molar-refractivity contribution in [2.24, 2.45) is 88.0 Å². The number of H-pyrrole nitrogens is 1. The summed E-state index contributed by atoms with van der Waals surface area (Å²) in [6.45, 7) is -0.905. The molecule has 1 saturated carbocycles. The number of carbonyl (C=O) groups is 12. The van der Waals surface area contributed by atoms with Gasteiger partial charge in [0.1, 0.15) is 60.1 Å². The summed E-state index contributed by atoms with van der Waals surface area (Å²) in [4.78, 5) is 193. The Labute approximate surface area is 633 Å². The van der Waals surface area contributed by atoms with E-state index in [1.54, 1.807) is 0 Å². The van der Waals surface area contributed by atoms with Crippen molar-refractivity contribution < 1.29 is 72.5 Å². The molecule has 1 unspecified atom stereocenters. The van der Waals surface area contributed by atoms with Crippen LogP contribution in [-0.2, 0) is 70.4 Å². The number of carboxylic acid groups (broad SMARTS) is 2. The number of hydrogen-bond acceptors (Lipinski definition) is 22. The fourth-order valence-electron chi connectivity index (χ4n) is 10.9. The Balaban J connectivity index is 1.98. The maximum atomic E-state index is 14.7. The number of carbonyl (C=O) groups excluding carboxylic acids is 10. The van der Waals surface area contributed by atoms with Gasteiger partial charge in [0.05, 0.1) is 32.4 Å². The van der Waals surface area contributed by atoms with E-state index >= 15 is 0 Å². The number of aliphatic imine (C=N–C) groups is 5. The van der Waals surface area contributed by atoms with Crippen LogP contribution in [0.4, 0.5) is 0 Å². The van der Waals surface area contributed by atoms with Gasteiger partial charge in [0.25, 0.3) is 0 Å². The van der Waals surface area contributed by atoms with E-state index in [-0.39, 0.29) is 139 Å². The SMILES string of the molecule is COc1ccc(C[C@H](NC(=O)[C@H](CC(=O)O)NC(=O)CNC(=O)[C@H](CCCN=C(N)N)NC(=O)[C@H](Cc2cnc[nH]2)NC(=O)[C@H](CCCN=C(N)N)NC(=O)C(NC(=O)[C@@H](N)CCCN=C(N)N)C2(S)CCCCC2)C(=O)N[C@@H](CCCN=C(N)N)C(=O)N[C@@H](CS)C(=O)N[C@@H](CCCN=C(N)N)C(=O)O)cc1. The number of benzene rings is 1. The predicted molar refractivity (Wildman–Crippen MR) is 405 cm³/mol. The Morgan fingerprint density at radius 1 is 0.500 bits per heavy atom. The summed E-state index contributed by atoms with van der Waals surface area (Å²) in [5, 5.41) is 45.1. The van der Waals surface area contributed by atoms with E-state index in [9.17, 15) is 67.7 Å². The average Bonchev–Trinajstić information content (AvgIpc) is 0.934. The predicted octanol–water partition coefficient (Wildman–Crippen LogP) is -8.60. The molecule has 1 aliphatic rings. The highest BCUT2D eigenvalue weighted by atomic mass is 32.1. The van der Waals surface area contributed by atoms with Gasteiger partial charge in [-0.2, -0.15) is 25.3 Å². The maximum absolute atomic E-state index is 14.7. The molecule has 0 spiro atoms. The molecule has 2 aromatic rings. The molecule has 1 aromatic carbocycles. The van der Waals surface area contributed by atoms with Crippen molar-refractivity contribution in [3.8, 4) is 5.75 Å². The van der Waals surface area contributed by atoms with Gasteiger partial charge >= 0.3 is 11.9 Å². The minimum atomic E-state index is -1.98. The van der Waals surface area contributed by atoms with Crippen LogP contribution in [0.5, 0.6) is 5.75 Å². The van der Waals surface area contributed by atoms with Crippen molar-refractivity contribution in [2.45, 2.75) is 181 Å². The van der Waals surface area contributed by atoms with Gasteiger partial charge in [-0.05, 0) is 94.7 Å². The number of thiol groups is 2. The van der Waals surface area contributed by atoms with Gasteiger partial charge in [-0.3, -0.25) is 77.7 Å². The minimum Gasteiger partial charge on any atom is -0.497 e. The van der Waals surface area contributed by atoms with Gasteiger partial charge in [-0.15, -0.1) is 0 Å². The summed E-state index contributed by atoms with van der Waals surface area (Å²) in [7, 11) is 1.40. The van der Waals surface area contributed by atoms with Crippen molar-refractivity contribution in [1.29, 1.82) is 0 Å². The summed E-state index contributed by atoms with van der Waals surface area (Å²) in [5.74, 6) is -14.1. The van der Waals surface area contributed by atoms with E-state index in [0.717, 1.165) is 6.42 Å². The lowest BCUT2D eigenvalue weighted by atomic mass is 9.82. The normalized spacial score (nSPS) is 14.9. The van der Waals surface area contributed by atoms with Crippen LogP contribution < -0.4 is 121 Å². The first kappa shape index (κ1) is 91.1. The zero-order valence-corrected chi connectivity index (χ0v) is 61.8. The van der Waals surface area contributed by atoms with Gasteiger partial charge in [-0.1, -0.05) is 31.4 Å². The summed E-state index contributed by atoms with van der Waals surface area (Å²) in [6, 6.07) is -9.04. The Kier molecular flexibility index (Phi) is 40.6. The average molecular weight is 1560 g/mol. The quantitative estimate of drug-likeness (QED) is 0.0127. The number of aromatic nitrogens is 2. The number of hydrogen-bond donors (Lipinski definition) is 26. The van der Waals surface area contributed by atoms with Crippen LogP contribution in [0.15, 0.2) is 61.8 Å². The Hall–Kier alpha value is -11.1. The number of nitrogens with zero attached hydrogens (tertiary/aromatic N) is 6. The zero-order chi connectivity index (χ0) is 80.5. The first-order chi connectivity index (χ1) is 51.1. The molecule has 1 aliphatic carbocycles. The fourth-order valence-corrected chi connectivity index (χ4v) is 11.7. The van der Waals surface area contributed by atoms with E-state index in [2.05, 4.69) is 101 Å². The number of methoxy groups -OCH3 is 1. The monoisotopic (exact) mass is 1560 g/mol. The minimum absolute atomic E-state index is 0.00864. The molecular formula is C63H106N28O15S2. The van der Waals surface area contributed by atoms with Crippen molar-refractivity contribution in [2.75, 3.05) is 52.1 Å². The topological polar surface area (TPSA) is 752 Å². The summed E-state index contributed by atoms with van der Waals surface area (Å²) in [5.41, 5.74) is 61.9. The molecule has 600 valence electrons. The number of carboxylic acids is 2. The number of imidazole rings is 1. The second kappa shape index (κ2) is 48.2. The third-order valence-corrected chi connectivity index (χ3v) is 17.6. The van der Waals surface area contributed by atoms with Crippen LogP contribution in [0.3, 0.4) is 0 Å². The van der Waals surface area contributed by atoms with Gasteiger partial charge in [0.15, 0.2) is 29.8 Å². The van der Waals surface area contributed by atoms with Gasteiger partial charge < -0.3 is 136 Å². The lowest BCUT2D eigenvalue weighted by molar-refractivity contribution is -0.142. The number of ether oxygens (including phenoxy) is 1. The number of nitrogens with two attached hydrogens (primary N) is 11. The van der Waals surface area contributed by atoms with Crippen molar-refractivity contribution in [3.63, 3.8) is 0 Å². The van der Waals surface area contributed by atoms with Crippen LogP contribution in [-0.4, -0.2) is 238 Å². The Morgan fingerprint density at radius 2 is 0.898 bits per heavy atom. The van der Waals surface area contributed by atoms with Crippen molar-refractivity contribution >= 4 is 126 Å². The van der Waals surface area contributed by atoms with Gasteiger partial charge in [0, 0.05) is 68.0 Å². The highest BCUT2D eigenvalue weighted by Gasteiger charge is 2.44. The van der Waals surface area contributed by atoms with Crippen LogP contribution in [0, 0.1) is 0 Å². The molecule has 1 fully saturated rings. The van der Waals surface area contributed by atoms with Crippen LogP contribution >= 0.6 is 25.3 Å². The molecule has 0 radical (unpaired) electrons. The summed E-state index contributed by atoms with van der Waals surface area (Å²) < 4.78 is 4.16. The first-order valence-electron chi connectivity index (χ1n) is 34.6. The van der Waals surface area contributed by atoms with Crippen LogP contribution in [0.25, 0.3) is 0 Å². The second-order valence-electron chi connectivity index (χ2n) is 25.2. The Morgan fingerprint density at radius 3 is 1.33 bits per heavy atom. The van der Waals surface area contributed by atoms with Crippen molar-refractivity contribution in [3.05, 3.63) is 48.0 Å². The number of nitrogens with one attached hydrogen (secondary N) is 11. The molecule has 35 N–H and O–H groups in total. The molecule has 45 heteroatoms. The van der Waals surface area contributed by atoms with Crippen LogP contribution in [0.2, 0.25) is 0 Å². The van der Waals surface area contributed by atoms with Gasteiger partial charge in [0.2, 0.25) is 59.1 Å². The van der Waals surface area contributed by atoms with E-state index < -0.39 is 149 Å². The molecule has 0 saturated heterocycles. The number of aliphatic carboxylic acids is 2. The zero-order valence-electron chi connectivity index (χ0n) is 60.0. The second-order valence-corrected chi connectivity index (χ2v) is 26.4. The summed E-state index contributed by atoms with van der Waals surface area (Å²) in [6.07, 6.45) is 3.86. The molecule has 10 amide bonds. The third-order valence-electron chi connectivity index (χ3n) is 16.5. The number of amides is 10. The number of guanidine groups is 5. The van der Waals surface area contributed by atoms with E-state index in [1.165, 1.54) is 43.9 Å². The lowest BCUT2D eigenvalue weighted by Gasteiger charge is -2.40. The molecule has 1 aromatic heterocycles. The van der Waals surface area contributed by atoms with E-state index in [4.69, 9.17) is 80.4 Å². The molecule has 1 heterocycles. The molecule has 0 aliphatic heterocycles. The summed E-state index contributed by atoms with van der Waals surface area (Å²) >= 11 is 9.15. The highest BCUT2D eigenvalue weighted by molar-refractivity contribution is 7.82. The Bertz CT molecular complexity index is 3450. The molecular weight excluding hydrogens is 1450 g/mol. The van der Waals surface area contributed by atoms with E-state index in [0.29, 0.717) is 49.1 Å². The largest absolute Gasteiger partial charge is 0.497 e. The standard InChI is InChI=1S/C63H106N28O15S2/c1-106-35-17-15-33(16-18-35)26-41(52(99)85-38(12-7-23-78-60(69)70)51(98)90-44(31-107)55(102)87-40(57(104)105)14-9-25-80-62(73)74)88-54(101)43(28-46(93)94)83-45(92)30-81-49(96)37(11-6-22-77-59(67)68)84-53(100)42(27-34-29-75-32-82-34)89-50(97)39(13-8-24-79-61(71)72)86-56(103)47(63(108)19-3-2-4-20-63)91-48(95)36(64)10-5-21-76-58(65)66/h15-18,29,32,36-44,47,107-108H,2-14,19-28,30-31,64H2,1H3,(H,75,82)(H,81,96)(H,83,92)(H,84,100)(H,85,99)(H,86,103)(H,87,102)(H,88,101)(H,89,97)(H,90,98)(H,91,95)(H,93,94)(H,104,105)(H4,65,66,76)(H4,67,68,77)(H4,69,70,78)(H4,71,72,79)(H4,73,74,80)/t36-,37-,38-,39-,40-,41-,42-,43-,44-,47?/m0/s1. The third kappa shape index (κ3) is 35.3. The molecule has 0 bridgehead atoms. The molecule has 3 rings (SSSR count). The van der Waals surface area contributed by atoms with E-state index in [1.807, 2.05) is 0 Å². The first-order valence-corrected chi connectivity index (χ1v) is 35.6.